The summed E-state index contributed by atoms with van der Waals surface area (Å²) in [6.45, 7) is 5.23. The Morgan fingerprint density at radius 3 is 2.57 bits per heavy atom. The summed E-state index contributed by atoms with van der Waals surface area (Å²) in [4.78, 5) is 0.246. The number of hydrogen-bond acceptors (Lipinski definition) is 4. The maximum absolute atomic E-state index is 12.7. The topological polar surface area (TPSA) is 81.4 Å². The molecule has 1 aliphatic heterocycles. The summed E-state index contributed by atoms with van der Waals surface area (Å²) in [7, 11) is -3.61. The van der Waals surface area contributed by atoms with Gasteiger partial charge in [0.15, 0.2) is 0 Å². The number of benzene rings is 1. The fourth-order valence-corrected chi connectivity index (χ4v) is 4.96. The van der Waals surface area contributed by atoms with Gasteiger partial charge in [0.2, 0.25) is 10.0 Å². The molecular formula is C14H21BrN2O3S. The molecule has 1 heterocycles. The highest BCUT2D eigenvalue weighted by Gasteiger charge is 2.33. The molecule has 1 saturated heterocycles. The summed E-state index contributed by atoms with van der Waals surface area (Å²) in [5.74, 6) is 0. The Hall–Kier alpha value is -0.470. The first-order chi connectivity index (χ1) is 9.77. The molecule has 0 aliphatic carbocycles. The molecule has 0 amide bonds. The van der Waals surface area contributed by atoms with Gasteiger partial charge in [0.05, 0.1) is 4.90 Å². The average molecular weight is 377 g/mol. The predicted octanol–water partition coefficient (Wildman–Crippen LogP) is 2.06. The number of sulfonamides is 1. The molecule has 0 saturated carbocycles. The van der Waals surface area contributed by atoms with Crippen LogP contribution < -0.4 is 10.5 Å². The van der Waals surface area contributed by atoms with Gasteiger partial charge in [-0.15, -0.1) is 0 Å². The van der Waals surface area contributed by atoms with Crippen LogP contribution in [0.4, 0.5) is 0 Å². The quantitative estimate of drug-likeness (QED) is 0.842. The van der Waals surface area contributed by atoms with Crippen LogP contribution >= 0.6 is 15.9 Å². The van der Waals surface area contributed by atoms with E-state index in [4.69, 9.17) is 10.5 Å². The molecule has 1 aliphatic rings. The first-order valence-corrected chi connectivity index (χ1v) is 9.16. The van der Waals surface area contributed by atoms with E-state index >= 15 is 0 Å². The Balaban J connectivity index is 2.37. The van der Waals surface area contributed by atoms with Crippen LogP contribution in [0.1, 0.15) is 30.9 Å². The zero-order valence-corrected chi connectivity index (χ0v) is 14.7. The van der Waals surface area contributed by atoms with Gasteiger partial charge in [-0.2, -0.15) is 0 Å². The lowest BCUT2D eigenvalue weighted by molar-refractivity contribution is 0.0537. The van der Waals surface area contributed by atoms with Crippen molar-refractivity contribution in [3.05, 3.63) is 27.7 Å². The Labute approximate surface area is 134 Å². The van der Waals surface area contributed by atoms with Crippen LogP contribution in [-0.2, 0) is 21.3 Å². The highest BCUT2D eigenvalue weighted by atomic mass is 79.9. The number of nitrogens with one attached hydrogen (secondary N) is 1. The largest absolute Gasteiger partial charge is 0.381 e. The van der Waals surface area contributed by atoms with Gasteiger partial charge in [-0.25, -0.2) is 13.1 Å². The van der Waals surface area contributed by atoms with E-state index in [1.165, 1.54) is 0 Å². The van der Waals surface area contributed by atoms with Gasteiger partial charge in [-0.1, -0.05) is 6.07 Å². The average Bonchev–Trinajstić information content (AvgIpc) is 2.41. The lowest BCUT2D eigenvalue weighted by Crippen LogP contribution is -2.49. The van der Waals surface area contributed by atoms with E-state index in [0.29, 0.717) is 37.1 Å². The number of nitrogens with two attached hydrogens (primary N) is 1. The number of hydrogen-bond donors (Lipinski definition) is 2. The van der Waals surface area contributed by atoms with Crippen molar-refractivity contribution in [3.8, 4) is 0 Å². The van der Waals surface area contributed by atoms with Gasteiger partial charge < -0.3 is 10.5 Å². The highest BCUT2D eigenvalue weighted by Crippen LogP contribution is 2.30. The van der Waals surface area contributed by atoms with Gasteiger partial charge in [-0.05, 0) is 59.8 Å². The minimum Gasteiger partial charge on any atom is -0.381 e. The molecule has 21 heavy (non-hydrogen) atoms. The van der Waals surface area contributed by atoms with Crippen molar-refractivity contribution in [1.82, 2.24) is 4.72 Å². The normalized spacial score (nSPS) is 18.7. The van der Waals surface area contributed by atoms with Crippen LogP contribution in [0.3, 0.4) is 0 Å². The second-order valence-electron chi connectivity index (χ2n) is 5.71. The fraction of sp³-hybridized carbons (Fsp3) is 0.571. The second-order valence-corrected chi connectivity index (χ2v) is 8.15. The van der Waals surface area contributed by atoms with Crippen LogP contribution in [0.25, 0.3) is 0 Å². The number of halogens is 1. The summed E-state index contributed by atoms with van der Waals surface area (Å²) in [6, 6.07) is 3.52. The monoisotopic (exact) mass is 376 g/mol. The lowest BCUT2D eigenvalue weighted by Gasteiger charge is -2.34. The summed E-state index contributed by atoms with van der Waals surface area (Å²) >= 11 is 3.38. The molecule has 1 aromatic carbocycles. The third kappa shape index (κ3) is 3.84. The first-order valence-electron chi connectivity index (χ1n) is 6.88. The number of rotatable bonds is 4. The fourth-order valence-electron chi connectivity index (χ4n) is 2.43. The van der Waals surface area contributed by atoms with Crippen LogP contribution in [0, 0.1) is 6.92 Å². The van der Waals surface area contributed by atoms with Gasteiger partial charge in [-0.3, -0.25) is 0 Å². The Kier molecular flexibility index (Phi) is 5.10. The molecule has 1 aromatic rings. The standard InChI is InChI=1S/C14H21BrN2O3S/c1-10-7-11(9-16)8-12(13(10)15)21(18,19)17-14(2)3-5-20-6-4-14/h7-8,17H,3-6,9,16H2,1-2H3. The second kappa shape index (κ2) is 6.34. The minimum atomic E-state index is -3.61. The maximum atomic E-state index is 12.7. The molecule has 5 nitrogen and oxygen atoms in total. The third-order valence-corrected chi connectivity index (χ3v) is 6.76. The Morgan fingerprint density at radius 1 is 1.38 bits per heavy atom. The van der Waals surface area contributed by atoms with Gasteiger partial charge in [0.25, 0.3) is 0 Å². The van der Waals surface area contributed by atoms with Crippen molar-refractivity contribution in [2.45, 2.75) is 43.7 Å². The Morgan fingerprint density at radius 2 is 2.00 bits per heavy atom. The molecule has 7 heteroatoms. The van der Waals surface area contributed by atoms with E-state index < -0.39 is 15.6 Å². The van der Waals surface area contributed by atoms with Gasteiger partial charge in [0, 0.05) is 29.8 Å². The SMILES string of the molecule is Cc1cc(CN)cc(S(=O)(=O)NC2(C)CCOCC2)c1Br. The summed E-state index contributed by atoms with van der Waals surface area (Å²) in [6.07, 6.45) is 1.33. The molecule has 118 valence electrons. The van der Waals surface area contributed by atoms with Crippen molar-refractivity contribution in [2.75, 3.05) is 13.2 Å². The summed E-state index contributed by atoms with van der Waals surface area (Å²) in [5, 5.41) is 0. The van der Waals surface area contributed by atoms with Crippen molar-refractivity contribution in [1.29, 1.82) is 0 Å². The van der Waals surface area contributed by atoms with Gasteiger partial charge >= 0.3 is 0 Å². The molecular weight excluding hydrogens is 356 g/mol. The maximum Gasteiger partial charge on any atom is 0.242 e. The molecule has 0 spiro atoms. The molecule has 0 atom stereocenters. The van der Waals surface area contributed by atoms with Crippen molar-refractivity contribution >= 4 is 26.0 Å². The van der Waals surface area contributed by atoms with E-state index in [2.05, 4.69) is 20.7 Å². The van der Waals surface area contributed by atoms with Crippen LogP contribution in [0.5, 0.6) is 0 Å². The van der Waals surface area contributed by atoms with E-state index in [1.54, 1.807) is 6.07 Å². The lowest BCUT2D eigenvalue weighted by atomic mass is 9.94. The Bertz CT molecular complexity index is 625. The molecule has 0 bridgehead atoms. The first kappa shape index (κ1) is 16.9. The molecule has 0 aromatic heterocycles. The van der Waals surface area contributed by atoms with E-state index in [1.807, 2.05) is 19.9 Å². The zero-order valence-electron chi connectivity index (χ0n) is 12.3. The molecule has 0 radical (unpaired) electrons. The molecule has 1 fully saturated rings. The predicted molar refractivity (Wildman–Crippen MR) is 85.5 cm³/mol. The van der Waals surface area contributed by atoms with Crippen LogP contribution in [-0.4, -0.2) is 27.2 Å². The van der Waals surface area contributed by atoms with E-state index in [9.17, 15) is 8.42 Å². The third-order valence-electron chi connectivity index (χ3n) is 3.78. The van der Waals surface area contributed by atoms with Crippen LogP contribution in [0.15, 0.2) is 21.5 Å². The minimum absolute atomic E-state index is 0.246. The van der Waals surface area contributed by atoms with E-state index in [0.717, 1.165) is 11.1 Å². The molecule has 0 unspecified atom stereocenters. The van der Waals surface area contributed by atoms with Crippen LogP contribution in [0.2, 0.25) is 0 Å². The molecule has 3 N–H and O–H groups in total. The summed E-state index contributed by atoms with van der Waals surface area (Å²) < 4.78 is 34.2. The van der Waals surface area contributed by atoms with E-state index in [-0.39, 0.29) is 4.90 Å². The summed E-state index contributed by atoms with van der Waals surface area (Å²) in [5.41, 5.74) is 6.83. The van der Waals surface area contributed by atoms with Crippen molar-refractivity contribution in [2.24, 2.45) is 5.73 Å². The van der Waals surface area contributed by atoms with Crippen molar-refractivity contribution in [3.63, 3.8) is 0 Å². The number of aryl methyl sites for hydroxylation is 1. The smallest absolute Gasteiger partial charge is 0.242 e. The number of ether oxygens (including phenoxy) is 1. The molecule has 2 rings (SSSR count). The zero-order chi connectivity index (χ0) is 15.7. The van der Waals surface area contributed by atoms with Gasteiger partial charge in [0.1, 0.15) is 0 Å². The van der Waals surface area contributed by atoms with Crippen molar-refractivity contribution < 1.29 is 13.2 Å². The highest BCUT2D eigenvalue weighted by molar-refractivity contribution is 9.10.